The predicted molar refractivity (Wildman–Crippen MR) is 67.7 cm³/mol. The quantitative estimate of drug-likeness (QED) is 0.662. The van der Waals surface area contributed by atoms with Crippen molar-refractivity contribution in [1.29, 1.82) is 0 Å². The summed E-state index contributed by atoms with van der Waals surface area (Å²) in [5, 5.41) is 21.4. The van der Waals surface area contributed by atoms with Crippen LogP contribution < -0.4 is 11.1 Å². The topological polar surface area (TPSA) is 108 Å². The van der Waals surface area contributed by atoms with E-state index >= 15 is 0 Å². The number of halogens is 1. The number of hydrogen-bond acceptors (Lipinski definition) is 5. The molecule has 6 nitrogen and oxygen atoms in total. The van der Waals surface area contributed by atoms with Gasteiger partial charge in [0.1, 0.15) is 5.82 Å². The smallest absolute Gasteiger partial charge is 0.337 e. The summed E-state index contributed by atoms with van der Waals surface area (Å²) in [6, 6.07) is 0.940. The summed E-state index contributed by atoms with van der Waals surface area (Å²) in [5.74, 6) is -1.07. The Morgan fingerprint density at radius 1 is 1.71 bits per heavy atom. The third kappa shape index (κ3) is 3.07. The van der Waals surface area contributed by atoms with E-state index in [9.17, 15) is 9.90 Å². The van der Waals surface area contributed by atoms with Crippen molar-refractivity contribution in [2.75, 3.05) is 11.1 Å². The van der Waals surface area contributed by atoms with Gasteiger partial charge in [0, 0.05) is 10.7 Å². The first-order valence-corrected chi connectivity index (χ1v) is 5.67. The molecule has 0 radical (unpaired) electrons. The van der Waals surface area contributed by atoms with Crippen LogP contribution in [0.5, 0.6) is 0 Å². The minimum Gasteiger partial charge on any atom is -0.479 e. The second kappa shape index (κ2) is 4.89. The van der Waals surface area contributed by atoms with Gasteiger partial charge in [0.15, 0.2) is 5.60 Å². The van der Waals surface area contributed by atoms with Crippen molar-refractivity contribution < 1.29 is 15.0 Å². The molecule has 0 spiro atoms. The highest BCUT2D eigenvalue weighted by Gasteiger charge is 2.36. The molecule has 0 aromatic carbocycles. The Morgan fingerprint density at radius 2 is 2.29 bits per heavy atom. The van der Waals surface area contributed by atoms with Crippen molar-refractivity contribution in [1.82, 2.24) is 4.98 Å². The molecule has 0 aliphatic heterocycles. The molecule has 0 amide bonds. The number of carboxylic acid groups (broad SMARTS) is 1. The van der Waals surface area contributed by atoms with E-state index in [1.54, 1.807) is 13.0 Å². The predicted octanol–water partition coefficient (Wildman–Crippen LogP) is 1.06. The van der Waals surface area contributed by atoms with Crippen molar-refractivity contribution in [3.8, 4) is 0 Å². The van der Waals surface area contributed by atoms with Gasteiger partial charge in [-0.3, -0.25) is 0 Å². The van der Waals surface area contributed by atoms with E-state index in [0.717, 1.165) is 0 Å². The summed E-state index contributed by atoms with van der Waals surface area (Å²) in [5.41, 5.74) is 4.21. The molecular weight excluding hydrogens is 290 g/mol. The van der Waals surface area contributed by atoms with Crippen molar-refractivity contribution in [2.45, 2.75) is 25.5 Å². The normalized spacial score (nSPS) is 16.0. The Balaban J connectivity index is 2.91. The van der Waals surface area contributed by atoms with Gasteiger partial charge in [-0.15, -0.1) is 0 Å². The lowest BCUT2D eigenvalue weighted by atomic mass is 9.98. The Hall–Kier alpha value is -1.34. The van der Waals surface area contributed by atoms with Crippen LogP contribution in [-0.4, -0.2) is 32.8 Å². The van der Waals surface area contributed by atoms with Gasteiger partial charge in [-0.2, -0.15) is 0 Å². The zero-order valence-electron chi connectivity index (χ0n) is 9.44. The van der Waals surface area contributed by atoms with Gasteiger partial charge in [-0.25, -0.2) is 9.78 Å². The lowest BCUT2D eigenvalue weighted by Gasteiger charge is -2.27. The van der Waals surface area contributed by atoms with Crippen molar-refractivity contribution >= 4 is 33.4 Å². The second-order valence-electron chi connectivity index (χ2n) is 3.91. The van der Waals surface area contributed by atoms with Gasteiger partial charge >= 0.3 is 5.97 Å². The molecule has 1 rings (SSSR count). The van der Waals surface area contributed by atoms with E-state index in [-0.39, 0.29) is 5.82 Å². The van der Waals surface area contributed by atoms with Gasteiger partial charge < -0.3 is 21.3 Å². The fourth-order valence-electron chi connectivity index (χ4n) is 1.12. The molecule has 2 atom stereocenters. The number of anilines is 2. The fourth-order valence-corrected chi connectivity index (χ4v) is 1.46. The van der Waals surface area contributed by atoms with Gasteiger partial charge in [0.05, 0.1) is 11.7 Å². The number of aromatic nitrogens is 1. The molecule has 0 saturated heterocycles. The zero-order chi connectivity index (χ0) is 13.2. The third-order valence-electron chi connectivity index (χ3n) is 2.53. The standard InChI is InChI=1S/C10H14BrN3O3/c1-5(10(2,17)9(15)16)14-7-3-6(11)4-13-8(7)12/h3-5,14,17H,1-2H3,(H2,12,13)(H,15,16). The van der Waals surface area contributed by atoms with Crippen LogP contribution in [0.25, 0.3) is 0 Å². The van der Waals surface area contributed by atoms with E-state index < -0.39 is 17.6 Å². The highest BCUT2D eigenvalue weighted by Crippen LogP contribution is 2.23. The maximum atomic E-state index is 10.9. The van der Waals surface area contributed by atoms with Crippen LogP contribution in [0.1, 0.15) is 13.8 Å². The number of nitrogens with zero attached hydrogens (tertiary/aromatic N) is 1. The van der Waals surface area contributed by atoms with Crippen LogP contribution in [0.2, 0.25) is 0 Å². The SMILES string of the molecule is CC(Nc1cc(Br)cnc1N)C(C)(O)C(=O)O. The van der Waals surface area contributed by atoms with Crippen LogP contribution in [0, 0.1) is 0 Å². The number of rotatable bonds is 4. The first kappa shape index (κ1) is 13.7. The van der Waals surface area contributed by atoms with E-state index in [4.69, 9.17) is 10.8 Å². The van der Waals surface area contributed by atoms with E-state index in [1.807, 2.05) is 0 Å². The van der Waals surface area contributed by atoms with Crippen LogP contribution in [0.15, 0.2) is 16.7 Å². The monoisotopic (exact) mass is 303 g/mol. The minimum absolute atomic E-state index is 0.237. The number of carbonyl (C=O) groups is 1. The molecule has 0 bridgehead atoms. The highest BCUT2D eigenvalue weighted by atomic mass is 79.9. The molecule has 5 N–H and O–H groups in total. The summed E-state index contributed by atoms with van der Waals surface area (Å²) in [6.45, 7) is 2.77. The summed E-state index contributed by atoms with van der Waals surface area (Å²) in [7, 11) is 0. The minimum atomic E-state index is -1.89. The number of aliphatic carboxylic acids is 1. The largest absolute Gasteiger partial charge is 0.479 e. The van der Waals surface area contributed by atoms with Gasteiger partial charge in [-0.1, -0.05) is 0 Å². The zero-order valence-corrected chi connectivity index (χ0v) is 11.0. The van der Waals surface area contributed by atoms with E-state index in [1.165, 1.54) is 13.1 Å². The molecule has 94 valence electrons. The summed E-state index contributed by atoms with van der Waals surface area (Å²) < 4.78 is 0.705. The van der Waals surface area contributed by atoms with Crippen LogP contribution in [-0.2, 0) is 4.79 Å². The molecule has 0 saturated carbocycles. The second-order valence-corrected chi connectivity index (χ2v) is 4.82. The van der Waals surface area contributed by atoms with Crippen LogP contribution in [0.4, 0.5) is 11.5 Å². The van der Waals surface area contributed by atoms with Crippen molar-refractivity contribution in [3.63, 3.8) is 0 Å². The number of pyridine rings is 1. The molecule has 1 aromatic rings. The molecule has 7 heteroatoms. The highest BCUT2D eigenvalue weighted by molar-refractivity contribution is 9.10. The van der Waals surface area contributed by atoms with Crippen molar-refractivity contribution in [3.05, 3.63) is 16.7 Å². The van der Waals surface area contributed by atoms with E-state index in [0.29, 0.717) is 10.2 Å². The Kier molecular flexibility index (Phi) is 3.94. The first-order valence-electron chi connectivity index (χ1n) is 4.88. The number of aliphatic hydroxyl groups is 1. The third-order valence-corrected chi connectivity index (χ3v) is 2.97. The fraction of sp³-hybridized carbons (Fsp3) is 0.400. The summed E-state index contributed by atoms with van der Waals surface area (Å²) in [6.07, 6.45) is 1.53. The van der Waals surface area contributed by atoms with Gasteiger partial charge in [-0.05, 0) is 35.8 Å². The molecule has 17 heavy (non-hydrogen) atoms. The number of nitrogen functional groups attached to an aromatic ring is 1. The van der Waals surface area contributed by atoms with Gasteiger partial charge in [0.25, 0.3) is 0 Å². The lowest BCUT2D eigenvalue weighted by Crippen LogP contribution is -2.49. The van der Waals surface area contributed by atoms with Crippen LogP contribution >= 0.6 is 15.9 Å². The molecular formula is C10H14BrN3O3. The molecule has 1 aromatic heterocycles. The summed E-state index contributed by atoms with van der Waals surface area (Å²) in [4.78, 5) is 14.8. The molecule has 0 aliphatic carbocycles. The molecule has 2 unspecified atom stereocenters. The average Bonchev–Trinajstić information content (AvgIpc) is 2.23. The molecule has 0 fully saturated rings. The number of nitrogens with one attached hydrogen (secondary N) is 1. The Labute approximate surface area is 107 Å². The van der Waals surface area contributed by atoms with Crippen molar-refractivity contribution in [2.24, 2.45) is 0 Å². The lowest BCUT2D eigenvalue weighted by molar-refractivity contribution is -0.157. The van der Waals surface area contributed by atoms with E-state index in [2.05, 4.69) is 26.2 Å². The number of carboxylic acids is 1. The molecule has 0 aliphatic rings. The maximum absolute atomic E-state index is 10.9. The average molecular weight is 304 g/mol. The number of nitrogens with two attached hydrogens (primary N) is 1. The molecule has 1 heterocycles. The Morgan fingerprint density at radius 3 is 2.82 bits per heavy atom. The van der Waals surface area contributed by atoms with Crippen LogP contribution in [0.3, 0.4) is 0 Å². The Bertz CT molecular complexity index is 437. The first-order chi connectivity index (χ1) is 7.75. The summed E-state index contributed by atoms with van der Waals surface area (Å²) >= 11 is 3.23. The maximum Gasteiger partial charge on any atom is 0.337 e. The van der Waals surface area contributed by atoms with Gasteiger partial charge in [0.2, 0.25) is 0 Å². The number of hydrogen-bond donors (Lipinski definition) is 4.